The first-order valence-corrected chi connectivity index (χ1v) is 8.07. The second-order valence-electron chi connectivity index (χ2n) is 5.36. The lowest BCUT2D eigenvalue weighted by Crippen LogP contribution is -2.28. The lowest BCUT2D eigenvalue weighted by atomic mass is 10.2. The molecule has 0 aliphatic heterocycles. The van der Waals surface area contributed by atoms with Crippen LogP contribution in [0.2, 0.25) is 0 Å². The summed E-state index contributed by atoms with van der Waals surface area (Å²) in [5.74, 6) is -1.27. The van der Waals surface area contributed by atoms with Crippen molar-refractivity contribution < 1.29 is 33.7 Å². The van der Waals surface area contributed by atoms with Gasteiger partial charge in [-0.2, -0.15) is 0 Å². The number of ether oxygens (including phenoxy) is 3. The average molecular weight is 332 g/mol. The quantitative estimate of drug-likeness (QED) is 0.429. The maximum absolute atomic E-state index is 11.6. The van der Waals surface area contributed by atoms with Gasteiger partial charge in [-0.3, -0.25) is 14.4 Å². The van der Waals surface area contributed by atoms with Gasteiger partial charge in [0.05, 0.1) is 19.1 Å². The van der Waals surface area contributed by atoms with Gasteiger partial charge in [-0.15, -0.1) is 0 Å². The number of rotatable bonds is 12. The Bertz CT molecular complexity index is 365. The van der Waals surface area contributed by atoms with E-state index in [4.69, 9.17) is 14.2 Å². The van der Waals surface area contributed by atoms with Crippen LogP contribution in [0.1, 0.15) is 59.3 Å². The van der Waals surface area contributed by atoms with E-state index in [1.54, 1.807) is 0 Å². The Labute approximate surface area is 137 Å². The van der Waals surface area contributed by atoms with Gasteiger partial charge in [-0.1, -0.05) is 13.8 Å². The number of aliphatic hydroxyl groups is 1. The summed E-state index contributed by atoms with van der Waals surface area (Å²) in [5, 5.41) is 9.18. The second-order valence-corrected chi connectivity index (χ2v) is 5.36. The zero-order chi connectivity index (χ0) is 17.7. The van der Waals surface area contributed by atoms with Gasteiger partial charge in [-0.05, 0) is 19.8 Å². The average Bonchev–Trinajstić information content (AvgIpc) is 2.44. The Kier molecular flexibility index (Phi) is 12.0. The molecule has 134 valence electrons. The van der Waals surface area contributed by atoms with Crippen LogP contribution in [0.15, 0.2) is 0 Å². The standard InChI is InChI=1S/C16H28O7/c1-4-6-14(18)21-9-8-13(11-22-15(19)7-5-2)23-16(20)10-12(3)17/h12-13,17H,4-11H2,1-3H3. The summed E-state index contributed by atoms with van der Waals surface area (Å²) in [5.41, 5.74) is 0. The van der Waals surface area contributed by atoms with Gasteiger partial charge in [0.15, 0.2) is 0 Å². The molecule has 0 aliphatic carbocycles. The maximum Gasteiger partial charge on any atom is 0.308 e. The lowest BCUT2D eigenvalue weighted by molar-refractivity contribution is -0.162. The highest BCUT2D eigenvalue weighted by Gasteiger charge is 2.18. The maximum atomic E-state index is 11.6. The highest BCUT2D eigenvalue weighted by atomic mass is 16.6. The third-order valence-corrected chi connectivity index (χ3v) is 2.80. The molecule has 2 unspecified atom stereocenters. The molecule has 0 bridgehead atoms. The Hall–Kier alpha value is -1.63. The predicted octanol–water partition coefficient (Wildman–Crippen LogP) is 1.75. The van der Waals surface area contributed by atoms with Gasteiger partial charge in [0, 0.05) is 19.3 Å². The molecule has 1 N–H and O–H groups in total. The molecular formula is C16H28O7. The largest absolute Gasteiger partial charge is 0.466 e. The van der Waals surface area contributed by atoms with Crippen molar-refractivity contribution in [2.75, 3.05) is 13.2 Å². The number of hydrogen-bond acceptors (Lipinski definition) is 7. The van der Waals surface area contributed by atoms with Gasteiger partial charge in [0.25, 0.3) is 0 Å². The summed E-state index contributed by atoms with van der Waals surface area (Å²) < 4.78 is 15.2. The zero-order valence-electron chi connectivity index (χ0n) is 14.2. The molecular weight excluding hydrogens is 304 g/mol. The van der Waals surface area contributed by atoms with E-state index in [2.05, 4.69) is 0 Å². The van der Waals surface area contributed by atoms with E-state index < -0.39 is 18.2 Å². The Balaban J connectivity index is 4.33. The molecule has 7 heteroatoms. The van der Waals surface area contributed by atoms with Crippen LogP contribution in [-0.2, 0) is 28.6 Å². The van der Waals surface area contributed by atoms with Gasteiger partial charge >= 0.3 is 17.9 Å². The Morgan fingerprint density at radius 1 is 0.957 bits per heavy atom. The van der Waals surface area contributed by atoms with E-state index in [9.17, 15) is 19.5 Å². The molecule has 0 rings (SSSR count). The smallest absolute Gasteiger partial charge is 0.308 e. The fourth-order valence-corrected chi connectivity index (χ4v) is 1.69. The Morgan fingerprint density at radius 2 is 1.52 bits per heavy atom. The van der Waals surface area contributed by atoms with Gasteiger partial charge in [0.2, 0.25) is 0 Å². The molecule has 0 fully saturated rings. The fraction of sp³-hybridized carbons (Fsp3) is 0.812. The van der Waals surface area contributed by atoms with Crippen molar-refractivity contribution in [3.63, 3.8) is 0 Å². The molecule has 0 aliphatic rings. The highest BCUT2D eigenvalue weighted by Crippen LogP contribution is 2.06. The zero-order valence-corrected chi connectivity index (χ0v) is 14.2. The minimum absolute atomic E-state index is 0.0801. The van der Waals surface area contributed by atoms with E-state index >= 15 is 0 Å². The Morgan fingerprint density at radius 3 is 2.04 bits per heavy atom. The van der Waals surface area contributed by atoms with Gasteiger partial charge < -0.3 is 19.3 Å². The van der Waals surface area contributed by atoms with E-state index in [0.29, 0.717) is 25.7 Å². The number of aliphatic hydroxyl groups excluding tert-OH is 1. The molecule has 0 heterocycles. The molecule has 0 saturated heterocycles. The SMILES string of the molecule is CCCC(=O)OCCC(COC(=O)CCC)OC(=O)CC(C)O. The molecule has 0 aromatic carbocycles. The van der Waals surface area contributed by atoms with E-state index in [1.165, 1.54) is 6.92 Å². The van der Waals surface area contributed by atoms with Crippen LogP contribution in [0.3, 0.4) is 0 Å². The monoisotopic (exact) mass is 332 g/mol. The van der Waals surface area contributed by atoms with Crippen molar-refractivity contribution in [1.82, 2.24) is 0 Å². The van der Waals surface area contributed by atoms with Crippen molar-refractivity contribution in [2.24, 2.45) is 0 Å². The van der Waals surface area contributed by atoms with Crippen LogP contribution >= 0.6 is 0 Å². The van der Waals surface area contributed by atoms with E-state index in [-0.39, 0.29) is 38.0 Å². The molecule has 0 radical (unpaired) electrons. The van der Waals surface area contributed by atoms with Crippen molar-refractivity contribution in [1.29, 1.82) is 0 Å². The van der Waals surface area contributed by atoms with Crippen LogP contribution in [0.4, 0.5) is 0 Å². The molecule has 0 aromatic rings. The van der Waals surface area contributed by atoms with Crippen LogP contribution in [0, 0.1) is 0 Å². The third kappa shape index (κ3) is 12.6. The van der Waals surface area contributed by atoms with Crippen molar-refractivity contribution in [2.45, 2.75) is 71.5 Å². The second kappa shape index (κ2) is 12.9. The number of carbonyl (C=O) groups excluding carboxylic acids is 3. The van der Waals surface area contributed by atoms with Crippen molar-refractivity contribution in [3.8, 4) is 0 Å². The van der Waals surface area contributed by atoms with Crippen molar-refractivity contribution >= 4 is 17.9 Å². The van der Waals surface area contributed by atoms with Crippen molar-refractivity contribution in [3.05, 3.63) is 0 Å². The fourth-order valence-electron chi connectivity index (χ4n) is 1.69. The lowest BCUT2D eigenvalue weighted by Gasteiger charge is -2.18. The molecule has 0 aromatic heterocycles. The molecule has 0 amide bonds. The predicted molar refractivity (Wildman–Crippen MR) is 82.5 cm³/mol. The summed E-state index contributed by atoms with van der Waals surface area (Å²) in [6.07, 6.45) is 0.567. The van der Waals surface area contributed by atoms with E-state index in [1.807, 2.05) is 13.8 Å². The summed E-state index contributed by atoms with van der Waals surface area (Å²) in [6.45, 7) is 5.19. The van der Waals surface area contributed by atoms with Crippen LogP contribution in [0.25, 0.3) is 0 Å². The van der Waals surface area contributed by atoms with E-state index in [0.717, 1.165) is 0 Å². The minimum atomic E-state index is -0.812. The van der Waals surface area contributed by atoms with Crippen LogP contribution < -0.4 is 0 Å². The summed E-state index contributed by atoms with van der Waals surface area (Å²) in [6, 6.07) is 0. The summed E-state index contributed by atoms with van der Waals surface area (Å²) >= 11 is 0. The number of hydrogen-bond donors (Lipinski definition) is 1. The summed E-state index contributed by atoms with van der Waals surface area (Å²) in [4.78, 5) is 34.3. The number of esters is 3. The first kappa shape index (κ1) is 21.4. The van der Waals surface area contributed by atoms with Gasteiger partial charge in [0.1, 0.15) is 12.7 Å². The molecule has 2 atom stereocenters. The van der Waals surface area contributed by atoms with Crippen LogP contribution in [-0.4, -0.2) is 48.4 Å². The normalized spacial score (nSPS) is 13.0. The molecule has 23 heavy (non-hydrogen) atoms. The highest BCUT2D eigenvalue weighted by molar-refractivity contribution is 5.71. The van der Waals surface area contributed by atoms with Crippen LogP contribution in [0.5, 0.6) is 0 Å². The molecule has 7 nitrogen and oxygen atoms in total. The summed E-state index contributed by atoms with van der Waals surface area (Å²) in [7, 11) is 0. The minimum Gasteiger partial charge on any atom is -0.466 e. The number of carbonyl (C=O) groups is 3. The first-order valence-electron chi connectivity index (χ1n) is 8.07. The molecule has 0 spiro atoms. The molecule has 0 saturated carbocycles. The topological polar surface area (TPSA) is 99.1 Å². The third-order valence-electron chi connectivity index (χ3n) is 2.80. The first-order chi connectivity index (χ1) is 10.9. The van der Waals surface area contributed by atoms with Gasteiger partial charge in [-0.25, -0.2) is 0 Å².